The van der Waals surface area contributed by atoms with Crippen LogP contribution in [0.15, 0.2) is 165 Å². The number of piperidine rings is 3. The van der Waals surface area contributed by atoms with Gasteiger partial charge in [-0.1, -0.05) is 106 Å². The lowest BCUT2D eigenvalue weighted by molar-refractivity contribution is -0.134. The maximum Gasteiger partial charge on any atom is 0.289 e. The van der Waals surface area contributed by atoms with Crippen molar-refractivity contribution in [1.82, 2.24) is 14.7 Å². The van der Waals surface area contributed by atoms with E-state index in [4.69, 9.17) is 56.6 Å². The van der Waals surface area contributed by atoms with E-state index in [2.05, 4.69) is 69.4 Å². The number of halogens is 2. The molecule has 3 amide bonds. The van der Waals surface area contributed by atoms with Gasteiger partial charge in [-0.3, -0.25) is 14.4 Å². The molecule has 90 heavy (non-hydrogen) atoms. The minimum absolute atomic E-state index is 0.0248. The maximum atomic E-state index is 13.0. The first-order valence-corrected chi connectivity index (χ1v) is 32.6. The molecule has 0 bridgehead atoms. The third-order valence-electron chi connectivity index (χ3n) is 19.8. The molecule has 7 aliphatic rings. The lowest BCUT2D eigenvalue weighted by Crippen LogP contribution is -2.46. The summed E-state index contributed by atoms with van der Waals surface area (Å²) in [6.07, 6.45) is 6.40. The zero-order chi connectivity index (χ0) is 62.2. The molecule has 6 N–H and O–H groups in total. The summed E-state index contributed by atoms with van der Waals surface area (Å²) in [5, 5.41) is 0.698. The van der Waals surface area contributed by atoms with Gasteiger partial charge in [0.15, 0.2) is 11.5 Å². The number of hydrogen-bond donors (Lipinski definition) is 3. The number of furan rings is 2. The molecule has 17 heteroatoms. The Hall–Kier alpha value is -7.86. The third kappa shape index (κ3) is 12.4. The summed E-state index contributed by atoms with van der Waals surface area (Å²) in [4.78, 5) is 44.9. The van der Waals surface area contributed by atoms with E-state index in [1.54, 1.807) is 24.3 Å². The van der Waals surface area contributed by atoms with Crippen LogP contribution in [0.25, 0.3) is 11.3 Å². The minimum Gasteiger partial charge on any atom is -0.492 e. The van der Waals surface area contributed by atoms with Crippen LogP contribution in [0.2, 0.25) is 5.02 Å². The van der Waals surface area contributed by atoms with E-state index in [0.29, 0.717) is 105 Å². The van der Waals surface area contributed by atoms with Gasteiger partial charge in [-0.05, 0) is 158 Å². The molecule has 0 radical (unpaired) electrons. The van der Waals surface area contributed by atoms with Crippen LogP contribution in [0.5, 0.6) is 23.0 Å². The van der Waals surface area contributed by atoms with Crippen molar-refractivity contribution in [2.24, 2.45) is 23.1 Å². The number of carbonyl (C=O) groups excluding carboxylic acids is 3. The van der Waals surface area contributed by atoms with E-state index in [9.17, 15) is 14.4 Å². The number of amides is 3. The van der Waals surface area contributed by atoms with Gasteiger partial charge in [0.25, 0.3) is 11.8 Å². The van der Waals surface area contributed by atoms with Crippen LogP contribution in [-0.2, 0) is 47.3 Å². The fourth-order valence-corrected chi connectivity index (χ4v) is 14.4. The molecule has 0 unspecified atom stereocenters. The van der Waals surface area contributed by atoms with Gasteiger partial charge in [0.2, 0.25) is 5.91 Å². The van der Waals surface area contributed by atoms with Gasteiger partial charge in [-0.15, -0.1) is 0 Å². The first-order valence-electron chi connectivity index (χ1n) is 31.4. The summed E-state index contributed by atoms with van der Waals surface area (Å²) < 4.78 is 36.4. The summed E-state index contributed by atoms with van der Waals surface area (Å²) in [6.45, 7) is 10.1. The fourth-order valence-electron chi connectivity index (χ4n) is 14.0. The molecule has 1 aliphatic carbocycles. The fraction of sp³-hybridized carbons (Fsp3) is 0.356. The highest BCUT2D eigenvalue weighted by Gasteiger charge is 2.50. The largest absolute Gasteiger partial charge is 0.492 e. The number of nitrogens with two attached hydrogens (primary N) is 3. The second kappa shape index (κ2) is 25.8. The van der Waals surface area contributed by atoms with Crippen LogP contribution >= 0.6 is 27.5 Å². The van der Waals surface area contributed by atoms with Gasteiger partial charge in [-0.2, -0.15) is 0 Å². The number of ether oxygens (including phenoxy) is 4. The zero-order valence-electron chi connectivity index (χ0n) is 50.7. The molecule has 15 rings (SSSR count). The van der Waals surface area contributed by atoms with Gasteiger partial charge in [-0.25, -0.2) is 0 Å². The van der Waals surface area contributed by atoms with Crippen molar-refractivity contribution in [2.45, 2.75) is 100 Å². The standard InChI is InChI=1S/C26H27ClN2O4.C24H23BrN2O3.C23H26N2O2/c1-17-12-19(3-5-22(17)27)31-15-20-4-7-24(33-20)25(30)29-10-8-26(9-11-29)16-32-23-6-2-18(14-28)13-21(23)26;25-18-4-2-17(3-5-18)20-7-8-22(30-20)23(28)27-11-9-24(10-12-27)15-29-21-6-1-16(14-26)13-19(21)24;24-14-16-6-7-21-20(12-16)23(15-27-21)8-10-25(11-9-23)22(26)19-13-18(19)17-4-2-1-3-5-17/h2-7,12-13H,8-11,14-16,28H2,1H3;1-8,13H,9-12,14-15,26H2;1-7,12,18-19H,8-11,13-15,24H2/t;;18-,19+/m..0/s1. The first-order chi connectivity index (χ1) is 43.7. The highest BCUT2D eigenvalue weighted by atomic mass is 79.9. The quantitative estimate of drug-likeness (QED) is 0.111. The Morgan fingerprint density at radius 2 is 1.03 bits per heavy atom. The van der Waals surface area contributed by atoms with Crippen LogP contribution in [0.3, 0.4) is 0 Å². The summed E-state index contributed by atoms with van der Waals surface area (Å²) in [7, 11) is 0. The molecule has 6 aliphatic heterocycles. The molecule has 6 aromatic carbocycles. The monoisotopic (exact) mass is 1290 g/mol. The number of likely N-dealkylation sites (tertiary alicyclic amines) is 3. The van der Waals surface area contributed by atoms with Crippen molar-refractivity contribution < 1.29 is 42.2 Å². The second-order valence-corrected chi connectivity index (χ2v) is 26.5. The summed E-state index contributed by atoms with van der Waals surface area (Å²) >= 11 is 9.50. The van der Waals surface area contributed by atoms with Crippen molar-refractivity contribution in [1.29, 1.82) is 0 Å². The first kappa shape index (κ1) is 61.0. The van der Waals surface area contributed by atoms with Gasteiger partial charge in [0, 0.05) is 113 Å². The van der Waals surface area contributed by atoms with E-state index >= 15 is 0 Å². The molecule has 3 saturated heterocycles. The number of nitrogens with zero attached hydrogens (tertiary/aromatic N) is 3. The Labute approximate surface area is 538 Å². The predicted octanol–water partition coefficient (Wildman–Crippen LogP) is 12.8. The van der Waals surface area contributed by atoms with Crippen LogP contribution < -0.4 is 36.1 Å². The molecule has 2 atom stereocenters. The normalized spacial score (nSPS) is 19.3. The van der Waals surface area contributed by atoms with Gasteiger partial charge in [0.1, 0.15) is 41.1 Å². The average molecular weight is 1300 g/mol. The van der Waals surface area contributed by atoms with Crippen LogP contribution in [-0.4, -0.2) is 91.5 Å². The van der Waals surface area contributed by atoms with Crippen molar-refractivity contribution in [2.75, 3.05) is 59.1 Å². The van der Waals surface area contributed by atoms with E-state index < -0.39 is 0 Å². The van der Waals surface area contributed by atoms with Crippen molar-refractivity contribution >= 4 is 45.3 Å². The molecular weight excluding hydrogens is 1220 g/mol. The Kier molecular flexibility index (Phi) is 17.5. The summed E-state index contributed by atoms with van der Waals surface area (Å²) in [6, 6.07) is 49.7. The molecule has 3 spiro atoms. The van der Waals surface area contributed by atoms with Crippen molar-refractivity contribution in [3.05, 3.63) is 223 Å². The molecule has 1 saturated carbocycles. The molecule has 8 aromatic rings. The second-order valence-electron chi connectivity index (χ2n) is 25.2. The number of carbonyl (C=O) groups is 3. The number of aryl methyl sites for hydroxylation is 1. The number of fused-ring (bicyclic) bond motifs is 6. The van der Waals surface area contributed by atoms with Crippen LogP contribution in [0.4, 0.5) is 0 Å². The Balaban J connectivity index is 0.000000124. The maximum absolute atomic E-state index is 13.0. The van der Waals surface area contributed by atoms with Gasteiger partial charge < -0.3 is 59.7 Å². The number of benzene rings is 6. The van der Waals surface area contributed by atoms with E-state index in [-0.39, 0.29) is 40.6 Å². The van der Waals surface area contributed by atoms with E-state index in [1.807, 2.05) is 95.6 Å². The molecule has 466 valence electrons. The van der Waals surface area contributed by atoms with Gasteiger partial charge >= 0.3 is 0 Å². The average Bonchev–Trinajstić information content (AvgIpc) is 1.62. The van der Waals surface area contributed by atoms with Crippen molar-refractivity contribution in [3.63, 3.8) is 0 Å². The van der Waals surface area contributed by atoms with Gasteiger partial charge in [0.05, 0.1) is 19.8 Å². The van der Waals surface area contributed by atoms with Crippen molar-refractivity contribution in [3.8, 4) is 34.3 Å². The zero-order valence-corrected chi connectivity index (χ0v) is 53.1. The Morgan fingerprint density at radius 1 is 0.556 bits per heavy atom. The van der Waals surface area contributed by atoms with E-state index in [0.717, 1.165) is 114 Å². The lowest BCUT2D eigenvalue weighted by Gasteiger charge is -2.38. The Bertz CT molecular complexity index is 3920. The summed E-state index contributed by atoms with van der Waals surface area (Å²) in [5.41, 5.74) is 27.8. The summed E-state index contributed by atoms with van der Waals surface area (Å²) in [5.74, 6) is 6.43. The predicted molar refractivity (Wildman–Crippen MR) is 349 cm³/mol. The third-order valence-corrected chi connectivity index (χ3v) is 20.7. The Morgan fingerprint density at radius 3 is 1.52 bits per heavy atom. The van der Waals surface area contributed by atoms with Crippen LogP contribution in [0.1, 0.15) is 122 Å². The SMILES string of the molecule is Cc1cc(OCc2ccc(C(=O)N3CCC4(CC3)COc3ccc(CN)cc34)o2)ccc1Cl.NCc1ccc2c(c1)C1(CCN(C(=O)[C@@H]3C[C@H]3c3ccccc3)CC1)CO2.NCc1ccc2c(c1)C1(CCN(C(=O)c3ccc(-c4ccc(Br)cc4)o3)CC1)CO2. The molecular formula is C73H76BrClN6O9. The molecule has 4 fully saturated rings. The molecule has 8 heterocycles. The highest BCUT2D eigenvalue weighted by molar-refractivity contribution is 9.10. The molecule has 2 aromatic heterocycles. The van der Waals surface area contributed by atoms with Crippen LogP contribution in [0, 0.1) is 12.8 Å². The lowest BCUT2D eigenvalue weighted by atomic mass is 9.74. The molecule has 15 nitrogen and oxygen atoms in total. The minimum atomic E-state index is -0.0896. The smallest absolute Gasteiger partial charge is 0.289 e. The number of hydrogen-bond acceptors (Lipinski definition) is 12. The number of rotatable bonds is 11. The van der Waals surface area contributed by atoms with E-state index in [1.165, 1.54) is 22.3 Å². The highest BCUT2D eigenvalue weighted by Crippen LogP contribution is 2.52. The topological polar surface area (TPSA) is 202 Å².